The summed E-state index contributed by atoms with van der Waals surface area (Å²) in [6.45, 7) is 4.73. The van der Waals surface area contributed by atoms with Gasteiger partial charge in [0, 0.05) is 11.5 Å². The van der Waals surface area contributed by atoms with Gasteiger partial charge in [0.25, 0.3) is 0 Å². The standard InChI is InChI=1S/C33H38N2O3/c1-32-19-17-22(31(37)38)21-23(32)13-14-26-27-15-16-29(33(27,2)20-18-28(26)32)30(36)34-35(24-9-5-3-6-10-24)25-11-7-4-8-12-25/h3-13,21,26-29H,14-20H2,1-2H3,(H,34,36)(H,37,38)/t26-,27-,28-,29?,32-,33-/m0/s1. The van der Waals surface area contributed by atoms with Crippen LogP contribution >= 0.6 is 0 Å². The number of benzene rings is 2. The Morgan fingerprint density at radius 3 is 2.18 bits per heavy atom. The minimum atomic E-state index is -0.781. The van der Waals surface area contributed by atoms with E-state index in [1.807, 2.05) is 71.7 Å². The summed E-state index contributed by atoms with van der Waals surface area (Å²) in [4.78, 5) is 25.6. The van der Waals surface area contributed by atoms with Gasteiger partial charge in [-0.15, -0.1) is 0 Å². The van der Waals surface area contributed by atoms with Crippen LogP contribution in [0, 0.1) is 34.5 Å². The molecule has 198 valence electrons. The molecule has 5 heteroatoms. The lowest BCUT2D eigenvalue weighted by Gasteiger charge is -2.57. The van der Waals surface area contributed by atoms with Crippen molar-refractivity contribution in [2.75, 3.05) is 5.01 Å². The Bertz CT molecular complexity index is 1250. The van der Waals surface area contributed by atoms with Gasteiger partial charge in [-0.05, 0) is 109 Å². The van der Waals surface area contributed by atoms with E-state index in [0.29, 0.717) is 29.7 Å². The maximum atomic E-state index is 14.0. The molecule has 0 radical (unpaired) electrons. The van der Waals surface area contributed by atoms with Crippen molar-refractivity contribution in [2.45, 2.75) is 58.8 Å². The fraction of sp³-hybridized carbons (Fsp3) is 0.455. The first-order valence-electron chi connectivity index (χ1n) is 14.2. The van der Waals surface area contributed by atoms with E-state index in [2.05, 4.69) is 25.3 Å². The number of hydrazine groups is 1. The van der Waals surface area contributed by atoms with E-state index in [1.54, 1.807) is 0 Å². The van der Waals surface area contributed by atoms with Gasteiger partial charge in [-0.25, -0.2) is 4.79 Å². The molecule has 2 aromatic carbocycles. The molecule has 6 rings (SSSR count). The summed E-state index contributed by atoms with van der Waals surface area (Å²) in [5, 5.41) is 11.5. The van der Waals surface area contributed by atoms with E-state index < -0.39 is 5.97 Å². The molecule has 1 unspecified atom stereocenters. The molecule has 4 aliphatic carbocycles. The number of carboxylic acid groups (broad SMARTS) is 1. The van der Waals surface area contributed by atoms with Gasteiger partial charge in [-0.2, -0.15) is 0 Å². The van der Waals surface area contributed by atoms with Crippen LogP contribution in [0.4, 0.5) is 11.4 Å². The lowest BCUT2D eigenvalue weighted by Crippen LogP contribution is -2.52. The van der Waals surface area contributed by atoms with Crippen molar-refractivity contribution in [1.82, 2.24) is 5.43 Å². The number of fused-ring (bicyclic) bond motifs is 5. The average molecular weight is 511 g/mol. The number of allylic oxidation sites excluding steroid dienone is 3. The topological polar surface area (TPSA) is 69.6 Å². The molecule has 1 amide bonds. The maximum absolute atomic E-state index is 14.0. The summed E-state index contributed by atoms with van der Waals surface area (Å²) in [7, 11) is 0. The fourth-order valence-electron chi connectivity index (χ4n) is 8.55. The molecule has 4 aliphatic rings. The van der Waals surface area contributed by atoms with Crippen LogP contribution in [0.5, 0.6) is 0 Å². The zero-order chi connectivity index (χ0) is 26.5. The summed E-state index contributed by atoms with van der Waals surface area (Å²) in [5.41, 5.74) is 7.00. The van der Waals surface area contributed by atoms with Gasteiger partial charge in [0.05, 0.1) is 11.4 Å². The van der Waals surface area contributed by atoms with E-state index in [9.17, 15) is 14.7 Å². The number of carbonyl (C=O) groups excluding carboxylic acids is 1. The van der Waals surface area contributed by atoms with Gasteiger partial charge in [-0.1, -0.05) is 56.3 Å². The fourth-order valence-corrected chi connectivity index (χ4v) is 8.55. The Morgan fingerprint density at radius 2 is 1.55 bits per heavy atom. The molecule has 38 heavy (non-hydrogen) atoms. The van der Waals surface area contributed by atoms with Crippen molar-refractivity contribution in [3.8, 4) is 0 Å². The molecule has 0 saturated heterocycles. The second kappa shape index (κ2) is 9.44. The van der Waals surface area contributed by atoms with E-state index in [0.717, 1.165) is 49.9 Å². The third kappa shape index (κ3) is 3.98. The van der Waals surface area contributed by atoms with Crippen LogP contribution in [0.2, 0.25) is 0 Å². The number of hydrogen-bond donors (Lipinski definition) is 2. The average Bonchev–Trinajstić information content (AvgIpc) is 3.29. The van der Waals surface area contributed by atoms with Crippen molar-refractivity contribution in [3.05, 3.63) is 84.0 Å². The summed E-state index contributed by atoms with van der Waals surface area (Å²) in [5.74, 6) is 0.936. The third-order valence-electron chi connectivity index (χ3n) is 10.6. The predicted molar refractivity (Wildman–Crippen MR) is 149 cm³/mol. The third-order valence-corrected chi connectivity index (χ3v) is 10.6. The van der Waals surface area contributed by atoms with E-state index in [-0.39, 0.29) is 22.7 Å². The van der Waals surface area contributed by atoms with Gasteiger partial charge in [0.15, 0.2) is 0 Å². The van der Waals surface area contributed by atoms with Crippen molar-refractivity contribution in [2.24, 2.45) is 34.5 Å². The van der Waals surface area contributed by atoms with Crippen LogP contribution in [0.25, 0.3) is 0 Å². The quantitative estimate of drug-likeness (QED) is 0.423. The predicted octanol–water partition coefficient (Wildman–Crippen LogP) is 7.06. The molecule has 6 atom stereocenters. The summed E-state index contributed by atoms with van der Waals surface area (Å²) >= 11 is 0. The molecular weight excluding hydrogens is 472 g/mol. The van der Waals surface area contributed by atoms with Crippen molar-refractivity contribution < 1.29 is 14.7 Å². The van der Waals surface area contributed by atoms with E-state index >= 15 is 0 Å². The first-order valence-corrected chi connectivity index (χ1v) is 14.2. The molecular formula is C33H38N2O3. The second-order valence-corrected chi connectivity index (χ2v) is 12.3. The highest BCUT2D eigenvalue weighted by Crippen LogP contribution is 2.66. The molecule has 0 aliphatic heterocycles. The SMILES string of the molecule is C[C@]12CCC(C(=O)O)=CC1=CC[C@@H]1[C@@H]2CC[C@]2(C)C(C(=O)NN(c3ccccc3)c3ccccc3)CC[C@@H]12. The number of aliphatic carboxylic acids is 1. The molecule has 0 spiro atoms. The number of nitrogens with zero attached hydrogens (tertiary/aromatic N) is 1. The van der Waals surface area contributed by atoms with Crippen LogP contribution in [-0.2, 0) is 9.59 Å². The highest BCUT2D eigenvalue weighted by atomic mass is 16.4. The Morgan fingerprint density at radius 1 is 0.895 bits per heavy atom. The molecule has 2 N–H and O–H groups in total. The number of carboxylic acids is 1. The molecule has 0 aromatic heterocycles. The summed E-state index contributed by atoms with van der Waals surface area (Å²) in [6.07, 6.45) is 11.0. The lowest BCUT2D eigenvalue weighted by atomic mass is 9.48. The second-order valence-electron chi connectivity index (χ2n) is 12.3. The van der Waals surface area contributed by atoms with Crippen LogP contribution < -0.4 is 10.4 Å². The van der Waals surface area contributed by atoms with Crippen molar-refractivity contribution in [1.29, 1.82) is 0 Å². The monoisotopic (exact) mass is 510 g/mol. The number of rotatable bonds is 5. The van der Waals surface area contributed by atoms with Crippen molar-refractivity contribution >= 4 is 23.3 Å². The normalized spacial score (nSPS) is 33.6. The van der Waals surface area contributed by atoms with Gasteiger partial charge in [0.1, 0.15) is 0 Å². The molecule has 5 nitrogen and oxygen atoms in total. The van der Waals surface area contributed by atoms with Crippen LogP contribution in [0.3, 0.4) is 0 Å². The largest absolute Gasteiger partial charge is 0.478 e. The Hall–Kier alpha value is -3.34. The zero-order valence-electron chi connectivity index (χ0n) is 22.4. The molecule has 2 saturated carbocycles. The molecule has 2 aromatic rings. The minimum absolute atomic E-state index is 0.0218. The summed E-state index contributed by atoms with van der Waals surface area (Å²) < 4.78 is 0. The van der Waals surface area contributed by atoms with Crippen molar-refractivity contribution in [3.63, 3.8) is 0 Å². The number of para-hydroxylation sites is 2. The number of hydrogen-bond acceptors (Lipinski definition) is 3. The number of anilines is 2. The first kappa shape index (κ1) is 25.0. The van der Waals surface area contributed by atoms with Crippen LogP contribution in [-0.4, -0.2) is 17.0 Å². The van der Waals surface area contributed by atoms with Gasteiger partial charge in [0.2, 0.25) is 5.91 Å². The number of amides is 1. The minimum Gasteiger partial charge on any atom is -0.478 e. The highest BCUT2D eigenvalue weighted by molar-refractivity contribution is 5.87. The first-order chi connectivity index (χ1) is 18.3. The highest BCUT2D eigenvalue weighted by Gasteiger charge is 2.59. The molecule has 2 fully saturated rings. The van der Waals surface area contributed by atoms with Gasteiger partial charge >= 0.3 is 5.97 Å². The smallest absolute Gasteiger partial charge is 0.331 e. The number of carbonyl (C=O) groups is 2. The van der Waals surface area contributed by atoms with E-state index in [1.165, 1.54) is 5.57 Å². The lowest BCUT2D eigenvalue weighted by molar-refractivity contribution is -0.133. The summed E-state index contributed by atoms with van der Waals surface area (Å²) in [6, 6.07) is 20.1. The van der Waals surface area contributed by atoms with Crippen LogP contribution in [0.1, 0.15) is 58.8 Å². The Kier molecular flexibility index (Phi) is 6.20. The molecule has 0 heterocycles. The number of nitrogens with one attached hydrogen (secondary N) is 1. The zero-order valence-corrected chi connectivity index (χ0v) is 22.4. The van der Waals surface area contributed by atoms with Gasteiger partial charge in [-0.3, -0.25) is 15.2 Å². The van der Waals surface area contributed by atoms with Gasteiger partial charge < -0.3 is 5.11 Å². The maximum Gasteiger partial charge on any atom is 0.331 e. The van der Waals surface area contributed by atoms with Crippen LogP contribution in [0.15, 0.2) is 84.0 Å². The van der Waals surface area contributed by atoms with E-state index in [4.69, 9.17) is 0 Å². The molecule has 0 bridgehead atoms. The Balaban J connectivity index is 1.25. The Labute approximate surface area is 225 Å².